The van der Waals surface area contributed by atoms with Crippen LogP contribution in [0.25, 0.3) is 11.1 Å². The van der Waals surface area contributed by atoms with Crippen molar-refractivity contribution in [1.82, 2.24) is 4.98 Å². The molecule has 3 N–H and O–H groups in total. The molecule has 1 aromatic heterocycles. The van der Waals surface area contributed by atoms with E-state index in [0.717, 1.165) is 24.4 Å². The van der Waals surface area contributed by atoms with E-state index in [2.05, 4.69) is 4.98 Å². The van der Waals surface area contributed by atoms with Gasteiger partial charge in [-0.15, -0.1) is 0 Å². The van der Waals surface area contributed by atoms with Crippen LogP contribution in [0.4, 0.5) is 13.2 Å². The summed E-state index contributed by atoms with van der Waals surface area (Å²) in [6.07, 6.45) is 0.727. The van der Waals surface area contributed by atoms with Crippen molar-refractivity contribution in [2.45, 2.75) is 19.4 Å². The molecule has 0 aliphatic heterocycles. The fourth-order valence-corrected chi connectivity index (χ4v) is 2.01. The fourth-order valence-electron chi connectivity index (χ4n) is 2.01. The molecule has 0 fully saturated rings. The first-order valence-electron chi connectivity index (χ1n) is 6.29. The monoisotopic (exact) mass is 310 g/mol. The van der Waals surface area contributed by atoms with Gasteiger partial charge >= 0.3 is 0 Å². The van der Waals surface area contributed by atoms with Crippen molar-refractivity contribution in [2.75, 3.05) is 0 Å². The van der Waals surface area contributed by atoms with Crippen molar-refractivity contribution in [2.24, 2.45) is 5.73 Å². The summed E-state index contributed by atoms with van der Waals surface area (Å²) in [4.78, 5) is 14.8. The van der Waals surface area contributed by atoms with Crippen LogP contribution in [0.2, 0.25) is 0 Å². The number of nitrogens with zero attached hydrogens (tertiary/aromatic N) is 1. The third kappa shape index (κ3) is 2.94. The lowest BCUT2D eigenvalue weighted by Crippen LogP contribution is -2.18. The van der Waals surface area contributed by atoms with Crippen molar-refractivity contribution < 1.29 is 23.1 Å². The number of carbonyl (C=O) groups excluding carboxylic acids is 1. The molecule has 0 radical (unpaired) electrons. The molecule has 0 bridgehead atoms. The van der Waals surface area contributed by atoms with Crippen LogP contribution in [0.15, 0.2) is 24.4 Å². The van der Waals surface area contributed by atoms with Gasteiger partial charge in [0, 0.05) is 5.56 Å². The Morgan fingerprint density at radius 3 is 2.18 bits per heavy atom. The number of aliphatic hydroxyl groups is 1. The topological polar surface area (TPSA) is 76.2 Å². The summed E-state index contributed by atoms with van der Waals surface area (Å²) >= 11 is 0. The predicted octanol–water partition coefficient (Wildman–Crippen LogP) is 2.49. The molecule has 1 amide bonds. The van der Waals surface area contributed by atoms with Crippen LogP contribution in [0.1, 0.15) is 29.9 Å². The number of primary amides is 1. The Hall–Kier alpha value is -2.41. The number of halogens is 3. The Kier molecular flexibility index (Phi) is 3.93. The summed E-state index contributed by atoms with van der Waals surface area (Å²) in [5, 5.41) is 9.81. The Labute approximate surface area is 124 Å². The highest BCUT2D eigenvalue weighted by Crippen LogP contribution is 2.32. The number of aromatic nitrogens is 1. The van der Waals surface area contributed by atoms with Gasteiger partial charge in [-0.25, -0.2) is 18.2 Å². The Morgan fingerprint density at radius 1 is 1.18 bits per heavy atom. The largest absolute Gasteiger partial charge is 0.386 e. The van der Waals surface area contributed by atoms with Crippen LogP contribution >= 0.6 is 0 Å². The summed E-state index contributed by atoms with van der Waals surface area (Å²) < 4.78 is 41.8. The van der Waals surface area contributed by atoms with E-state index in [1.165, 1.54) is 13.8 Å². The molecule has 2 aromatic rings. The molecule has 0 saturated carbocycles. The predicted molar refractivity (Wildman–Crippen MR) is 73.3 cm³/mol. The average molecular weight is 310 g/mol. The highest BCUT2D eigenvalue weighted by atomic mass is 19.1. The number of pyridine rings is 1. The number of hydrogen-bond donors (Lipinski definition) is 2. The molecule has 22 heavy (non-hydrogen) atoms. The SMILES string of the molecule is CC(C)(O)c1cc(F)c(-c2cc(F)cnc2C(N)=O)c(F)c1. The quantitative estimate of drug-likeness (QED) is 0.914. The molecule has 0 aliphatic carbocycles. The van der Waals surface area contributed by atoms with Crippen LogP contribution in [-0.4, -0.2) is 16.0 Å². The first-order chi connectivity index (χ1) is 10.1. The summed E-state index contributed by atoms with van der Waals surface area (Å²) in [7, 11) is 0. The average Bonchev–Trinajstić information content (AvgIpc) is 2.36. The minimum atomic E-state index is -1.47. The van der Waals surface area contributed by atoms with E-state index in [-0.39, 0.29) is 11.1 Å². The van der Waals surface area contributed by atoms with E-state index in [1.807, 2.05) is 0 Å². The van der Waals surface area contributed by atoms with Crippen molar-refractivity contribution in [3.05, 3.63) is 53.1 Å². The number of benzene rings is 1. The molecule has 4 nitrogen and oxygen atoms in total. The normalized spacial score (nSPS) is 11.5. The van der Waals surface area contributed by atoms with E-state index in [9.17, 15) is 23.1 Å². The first-order valence-corrected chi connectivity index (χ1v) is 6.29. The van der Waals surface area contributed by atoms with Gasteiger partial charge in [0.2, 0.25) is 0 Å². The fraction of sp³-hybridized carbons (Fsp3) is 0.200. The molecule has 1 heterocycles. The third-order valence-electron chi connectivity index (χ3n) is 3.11. The van der Waals surface area contributed by atoms with Gasteiger partial charge in [0.25, 0.3) is 5.91 Å². The molecule has 7 heteroatoms. The number of rotatable bonds is 3. The van der Waals surface area contributed by atoms with Gasteiger partial charge in [-0.1, -0.05) is 0 Å². The minimum Gasteiger partial charge on any atom is -0.386 e. The van der Waals surface area contributed by atoms with Crippen LogP contribution in [0.3, 0.4) is 0 Å². The number of amides is 1. The minimum absolute atomic E-state index is 0.00348. The Morgan fingerprint density at radius 2 is 1.73 bits per heavy atom. The maximum atomic E-state index is 14.2. The highest BCUT2D eigenvalue weighted by Gasteiger charge is 2.24. The second kappa shape index (κ2) is 5.42. The van der Waals surface area contributed by atoms with Crippen LogP contribution < -0.4 is 5.73 Å². The molecule has 0 saturated heterocycles. The van der Waals surface area contributed by atoms with E-state index < -0.39 is 40.2 Å². The van der Waals surface area contributed by atoms with Gasteiger partial charge in [0.1, 0.15) is 23.1 Å². The molecule has 0 unspecified atom stereocenters. The summed E-state index contributed by atoms with van der Waals surface area (Å²) in [5.41, 5.74) is 2.16. The van der Waals surface area contributed by atoms with Crippen LogP contribution in [0.5, 0.6) is 0 Å². The maximum Gasteiger partial charge on any atom is 0.267 e. The van der Waals surface area contributed by atoms with E-state index >= 15 is 0 Å². The molecule has 116 valence electrons. The van der Waals surface area contributed by atoms with E-state index in [4.69, 9.17) is 5.73 Å². The third-order valence-corrected chi connectivity index (χ3v) is 3.11. The molecule has 2 rings (SSSR count). The van der Waals surface area contributed by atoms with Gasteiger partial charge in [0.05, 0.1) is 17.4 Å². The van der Waals surface area contributed by atoms with Gasteiger partial charge in [-0.05, 0) is 37.6 Å². The van der Waals surface area contributed by atoms with Gasteiger partial charge < -0.3 is 10.8 Å². The Bertz CT molecular complexity index is 732. The van der Waals surface area contributed by atoms with Crippen molar-refractivity contribution in [1.29, 1.82) is 0 Å². The highest BCUT2D eigenvalue weighted by molar-refractivity contribution is 5.98. The Balaban J connectivity index is 2.74. The van der Waals surface area contributed by atoms with Crippen molar-refractivity contribution in [3.63, 3.8) is 0 Å². The number of carbonyl (C=O) groups is 1. The zero-order valence-corrected chi connectivity index (χ0v) is 11.8. The van der Waals surface area contributed by atoms with Crippen molar-refractivity contribution in [3.8, 4) is 11.1 Å². The van der Waals surface area contributed by atoms with Gasteiger partial charge in [0.15, 0.2) is 0 Å². The smallest absolute Gasteiger partial charge is 0.267 e. The second-order valence-electron chi connectivity index (χ2n) is 5.29. The summed E-state index contributed by atoms with van der Waals surface area (Å²) in [6.45, 7) is 2.72. The van der Waals surface area contributed by atoms with Crippen molar-refractivity contribution >= 4 is 5.91 Å². The van der Waals surface area contributed by atoms with Gasteiger partial charge in [-0.3, -0.25) is 4.79 Å². The number of hydrogen-bond acceptors (Lipinski definition) is 3. The van der Waals surface area contributed by atoms with Crippen LogP contribution in [0, 0.1) is 17.5 Å². The lowest BCUT2D eigenvalue weighted by molar-refractivity contribution is 0.0778. The van der Waals surface area contributed by atoms with Crippen LogP contribution in [-0.2, 0) is 5.60 Å². The second-order valence-corrected chi connectivity index (χ2v) is 5.29. The molecule has 0 spiro atoms. The summed E-state index contributed by atoms with van der Waals surface area (Å²) in [5.74, 6) is -4.04. The molecular formula is C15H13F3N2O2. The summed E-state index contributed by atoms with van der Waals surface area (Å²) in [6, 6.07) is 2.60. The molecule has 0 aliphatic rings. The number of nitrogens with two attached hydrogens (primary N) is 1. The molecule has 1 aromatic carbocycles. The van der Waals surface area contributed by atoms with E-state index in [1.54, 1.807) is 0 Å². The standard InChI is InChI=1S/C15H13F3N2O2/c1-15(2,22)7-3-10(17)12(11(18)4-7)9-5-8(16)6-20-13(9)14(19)21/h3-6,22H,1-2H3,(H2,19,21). The lowest BCUT2D eigenvalue weighted by Gasteiger charge is -2.19. The van der Waals surface area contributed by atoms with E-state index in [0.29, 0.717) is 0 Å². The lowest BCUT2D eigenvalue weighted by atomic mass is 9.94. The zero-order valence-electron chi connectivity index (χ0n) is 11.8. The first kappa shape index (κ1) is 16.0. The maximum absolute atomic E-state index is 14.2. The molecule has 0 atom stereocenters. The zero-order chi connectivity index (χ0) is 16.7. The molecular weight excluding hydrogens is 297 g/mol. The van der Waals surface area contributed by atoms with Gasteiger partial charge in [-0.2, -0.15) is 0 Å².